The van der Waals surface area contributed by atoms with Gasteiger partial charge in [0.2, 0.25) is 0 Å². The molecule has 3 heteroatoms. The Balaban J connectivity index is 1.77. The van der Waals surface area contributed by atoms with E-state index in [4.69, 9.17) is 9.47 Å². The van der Waals surface area contributed by atoms with Crippen LogP contribution < -0.4 is 5.32 Å². The van der Waals surface area contributed by atoms with Crippen LogP contribution in [0.15, 0.2) is 0 Å². The Kier molecular flexibility index (Phi) is 4.22. The van der Waals surface area contributed by atoms with E-state index < -0.39 is 0 Å². The molecule has 0 aromatic rings. The minimum absolute atomic E-state index is 0.404. The Morgan fingerprint density at radius 2 is 1.69 bits per heavy atom. The fourth-order valence-corrected chi connectivity index (χ4v) is 3.18. The monoisotopic (exact) mass is 227 g/mol. The number of rotatable bonds is 3. The summed E-state index contributed by atoms with van der Waals surface area (Å²) in [5.74, 6) is 0. The molecule has 3 nitrogen and oxygen atoms in total. The number of methoxy groups -OCH3 is 1. The highest BCUT2D eigenvalue weighted by Gasteiger charge is 2.30. The van der Waals surface area contributed by atoms with Crippen molar-refractivity contribution in [3.63, 3.8) is 0 Å². The van der Waals surface area contributed by atoms with E-state index in [1.54, 1.807) is 0 Å². The second-order valence-corrected chi connectivity index (χ2v) is 5.46. The third-order valence-electron chi connectivity index (χ3n) is 3.89. The van der Waals surface area contributed by atoms with Crippen LogP contribution in [0.1, 0.15) is 46.0 Å². The molecular weight excluding hydrogens is 202 g/mol. The van der Waals surface area contributed by atoms with Gasteiger partial charge in [-0.05, 0) is 46.0 Å². The Hall–Kier alpha value is -0.120. The summed E-state index contributed by atoms with van der Waals surface area (Å²) in [4.78, 5) is 0. The molecule has 2 fully saturated rings. The van der Waals surface area contributed by atoms with Gasteiger partial charge < -0.3 is 14.8 Å². The highest BCUT2D eigenvalue weighted by molar-refractivity contribution is 4.87. The summed E-state index contributed by atoms with van der Waals surface area (Å²) < 4.78 is 11.2. The summed E-state index contributed by atoms with van der Waals surface area (Å²) >= 11 is 0. The van der Waals surface area contributed by atoms with Crippen molar-refractivity contribution >= 4 is 0 Å². The Labute approximate surface area is 98.9 Å². The van der Waals surface area contributed by atoms with Crippen LogP contribution in [0.3, 0.4) is 0 Å². The number of ether oxygens (including phenoxy) is 2. The van der Waals surface area contributed by atoms with Crippen LogP contribution in [0.25, 0.3) is 0 Å². The quantitative estimate of drug-likeness (QED) is 0.801. The summed E-state index contributed by atoms with van der Waals surface area (Å²) in [6.07, 6.45) is 7.24. The molecule has 1 aliphatic carbocycles. The Morgan fingerprint density at radius 3 is 2.25 bits per heavy atom. The third-order valence-corrected chi connectivity index (χ3v) is 3.89. The average Bonchev–Trinajstić information content (AvgIpc) is 2.64. The minimum Gasteiger partial charge on any atom is -0.381 e. The maximum Gasteiger partial charge on any atom is 0.0586 e. The van der Waals surface area contributed by atoms with Crippen LogP contribution in [0, 0.1) is 0 Å². The molecule has 0 aromatic carbocycles. The van der Waals surface area contributed by atoms with E-state index in [9.17, 15) is 0 Å². The summed E-state index contributed by atoms with van der Waals surface area (Å²) in [6, 6.07) is 1.30. The highest BCUT2D eigenvalue weighted by atomic mass is 16.5. The first kappa shape index (κ1) is 12.3. The van der Waals surface area contributed by atoms with Gasteiger partial charge in [0, 0.05) is 19.2 Å². The van der Waals surface area contributed by atoms with E-state index in [1.165, 1.54) is 19.3 Å². The maximum absolute atomic E-state index is 5.76. The Morgan fingerprint density at radius 1 is 1.00 bits per heavy atom. The average molecular weight is 227 g/mol. The molecule has 2 rings (SSSR count). The molecule has 4 unspecified atom stereocenters. The lowest BCUT2D eigenvalue weighted by molar-refractivity contribution is -0.0436. The maximum atomic E-state index is 5.76. The van der Waals surface area contributed by atoms with Crippen molar-refractivity contribution in [1.29, 1.82) is 0 Å². The lowest BCUT2D eigenvalue weighted by Crippen LogP contribution is -2.45. The van der Waals surface area contributed by atoms with E-state index in [2.05, 4.69) is 19.2 Å². The second kappa shape index (κ2) is 5.48. The van der Waals surface area contributed by atoms with E-state index in [0.29, 0.717) is 30.4 Å². The molecule has 0 bridgehead atoms. The molecule has 1 aliphatic heterocycles. The van der Waals surface area contributed by atoms with Gasteiger partial charge in [0.05, 0.1) is 18.3 Å². The van der Waals surface area contributed by atoms with Crippen molar-refractivity contribution in [2.24, 2.45) is 0 Å². The summed E-state index contributed by atoms with van der Waals surface area (Å²) in [7, 11) is 1.83. The van der Waals surface area contributed by atoms with Crippen molar-refractivity contribution in [1.82, 2.24) is 5.32 Å². The van der Waals surface area contributed by atoms with Gasteiger partial charge in [0.15, 0.2) is 0 Å². The van der Waals surface area contributed by atoms with Gasteiger partial charge >= 0.3 is 0 Å². The van der Waals surface area contributed by atoms with Gasteiger partial charge in [0.1, 0.15) is 0 Å². The zero-order chi connectivity index (χ0) is 11.5. The molecule has 0 radical (unpaired) electrons. The van der Waals surface area contributed by atoms with Crippen LogP contribution in [0.4, 0.5) is 0 Å². The van der Waals surface area contributed by atoms with E-state index in [0.717, 1.165) is 12.8 Å². The van der Waals surface area contributed by atoms with E-state index >= 15 is 0 Å². The molecule has 0 spiro atoms. The van der Waals surface area contributed by atoms with Crippen LogP contribution >= 0.6 is 0 Å². The second-order valence-electron chi connectivity index (χ2n) is 5.46. The molecule has 94 valence electrons. The van der Waals surface area contributed by atoms with Crippen molar-refractivity contribution in [3.8, 4) is 0 Å². The normalized spacial score (nSPS) is 44.8. The topological polar surface area (TPSA) is 30.5 Å². The molecule has 1 heterocycles. The van der Waals surface area contributed by atoms with Crippen molar-refractivity contribution in [3.05, 3.63) is 0 Å². The Bertz CT molecular complexity index is 212. The predicted molar refractivity (Wildman–Crippen MR) is 64.6 cm³/mol. The molecular formula is C13H25NO2. The number of hydrogen-bond donors (Lipinski definition) is 1. The van der Waals surface area contributed by atoms with Gasteiger partial charge in [-0.15, -0.1) is 0 Å². The zero-order valence-electron chi connectivity index (χ0n) is 10.7. The van der Waals surface area contributed by atoms with Crippen molar-refractivity contribution in [2.45, 2.75) is 76.3 Å². The highest BCUT2D eigenvalue weighted by Crippen LogP contribution is 2.25. The lowest BCUT2D eigenvalue weighted by Gasteiger charge is -2.34. The SMILES string of the molecule is COC1CCC(NC2CC(C)OC(C)C2)C1. The first-order chi connectivity index (χ1) is 7.67. The molecule has 0 aromatic heterocycles. The first-order valence-electron chi connectivity index (χ1n) is 6.61. The van der Waals surface area contributed by atoms with Gasteiger partial charge in [-0.3, -0.25) is 0 Å². The van der Waals surface area contributed by atoms with Crippen molar-refractivity contribution in [2.75, 3.05) is 7.11 Å². The fourth-order valence-electron chi connectivity index (χ4n) is 3.18. The van der Waals surface area contributed by atoms with Gasteiger partial charge in [-0.2, -0.15) is 0 Å². The largest absolute Gasteiger partial charge is 0.381 e. The van der Waals surface area contributed by atoms with Gasteiger partial charge in [-0.1, -0.05) is 0 Å². The van der Waals surface area contributed by atoms with Crippen LogP contribution in [-0.2, 0) is 9.47 Å². The molecule has 1 saturated carbocycles. The van der Waals surface area contributed by atoms with Crippen LogP contribution in [0.2, 0.25) is 0 Å². The van der Waals surface area contributed by atoms with Crippen LogP contribution in [-0.4, -0.2) is 37.5 Å². The lowest BCUT2D eigenvalue weighted by atomic mass is 9.99. The van der Waals surface area contributed by atoms with Crippen LogP contribution in [0.5, 0.6) is 0 Å². The standard InChI is InChI=1S/C13H25NO2/c1-9-6-12(7-10(2)16-9)14-11-4-5-13(8-11)15-3/h9-14H,4-8H2,1-3H3. The minimum atomic E-state index is 0.404. The van der Waals surface area contributed by atoms with Crippen molar-refractivity contribution < 1.29 is 9.47 Å². The molecule has 0 amide bonds. The number of hydrogen-bond acceptors (Lipinski definition) is 3. The molecule has 1 saturated heterocycles. The third kappa shape index (κ3) is 3.19. The zero-order valence-corrected chi connectivity index (χ0v) is 10.7. The van der Waals surface area contributed by atoms with Gasteiger partial charge in [-0.25, -0.2) is 0 Å². The molecule has 4 atom stereocenters. The first-order valence-corrected chi connectivity index (χ1v) is 6.61. The van der Waals surface area contributed by atoms with E-state index in [1.807, 2.05) is 7.11 Å². The van der Waals surface area contributed by atoms with Gasteiger partial charge in [0.25, 0.3) is 0 Å². The summed E-state index contributed by atoms with van der Waals surface area (Å²) in [5.41, 5.74) is 0. The summed E-state index contributed by atoms with van der Waals surface area (Å²) in [6.45, 7) is 4.36. The predicted octanol–water partition coefficient (Wildman–Crippen LogP) is 2.10. The molecule has 2 aliphatic rings. The molecule has 1 N–H and O–H groups in total. The smallest absolute Gasteiger partial charge is 0.0586 e. The summed E-state index contributed by atoms with van der Waals surface area (Å²) in [5, 5.41) is 3.78. The van der Waals surface area contributed by atoms with E-state index in [-0.39, 0.29) is 0 Å². The number of nitrogens with one attached hydrogen (secondary N) is 1. The molecule has 16 heavy (non-hydrogen) atoms. The fraction of sp³-hybridized carbons (Fsp3) is 1.00.